The van der Waals surface area contributed by atoms with E-state index in [0.717, 1.165) is 22.6 Å². The molecule has 2 aromatic carbocycles. The fraction of sp³-hybridized carbons (Fsp3) is 0.100. The summed E-state index contributed by atoms with van der Waals surface area (Å²) >= 11 is 0. The zero-order valence-electron chi connectivity index (χ0n) is 13.3. The number of hydrogen-bond donors (Lipinski definition) is 1. The van der Waals surface area contributed by atoms with E-state index in [0.29, 0.717) is 5.56 Å². The van der Waals surface area contributed by atoms with E-state index >= 15 is 0 Å². The Bertz CT molecular complexity index is 880. The fourth-order valence-corrected chi connectivity index (χ4v) is 2.85. The van der Waals surface area contributed by atoms with Crippen molar-refractivity contribution in [2.75, 3.05) is 0 Å². The third kappa shape index (κ3) is 2.99. The van der Waals surface area contributed by atoms with Crippen molar-refractivity contribution in [1.29, 1.82) is 0 Å². The zero-order valence-corrected chi connectivity index (χ0v) is 13.3. The highest BCUT2D eigenvalue weighted by molar-refractivity contribution is 6.07. The van der Waals surface area contributed by atoms with Gasteiger partial charge in [-0.05, 0) is 30.7 Å². The zero-order chi connectivity index (χ0) is 17.1. The smallest absolute Gasteiger partial charge is 0.311 e. The van der Waals surface area contributed by atoms with E-state index in [1.54, 1.807) is 6.07 Å². The van der Waals surface area contributed by atoms with Gasteiger partial charge in [0.1, 0.15) is 6.42 Å². The van der Waals surface area contributed by atoms with Crippen molar-refractivity contribution in [3.05, 3.63) is 78.0 Å². The highest BCUT2D eigenvalue weighted by Crippen LogP contribution is 2.30. The van der Waals surface area contributed by atoms with Gasteiger partial charge in [-0.1, -0.05) is 48.5 Å². The molecule has 0 aliphatic carbocycles. The summed E-state index contributed by atoms with van der Waals surface area (Å²) in [5.74, 6) is -1.50. The lowest BCUT2D eigenvalue weighted by atomic mass is 10.1. The lowest BCUT2D eigenvalue weighted by molar-refractivity contribution is -0.135. The van der Waals surface area contributed by atoms with Crippen molar-refractivity contribution >= 4 is 11.8 Å². The van der Waals surface area contributed by atoms with Gasteiger partial charge in [0.15, 0.2) is 5.78 Å². The second-order valence-electron chi connectivity index (χ2n) is 5.56. The molecule has 0 saturated carbocycles. The molecule has 0 saturated heterocycles. The summed E-state index contributed by atoms with van der Waals surface area (Å²) in [5, 5.41) is 8.92. The first-order chi connectivity index (χ1) is 11.6. The van der Waals surface area contributed by atoms with E-state index in [1.807, 2.05) is 72.2 Å². The molecule has 120 valence electrons. The number of hydrogen-bond acceptors (Lipinski definition) is 2. The van der Waals surface area contributed by atoms with E-state index < -0.39 is 12.4 Å². The van der Waals surface area contributed by atoms with E-state index in [-0.39, 0.29) is 5.78 Å². The minimum atomic E-state index is -1.12. The third-order valence-electron chi connectivity index (χ3n) is 3.94. The number of carboxylic acid groups (broad SMARTS) is 1. The molecule has 0 fully saturated rings. The molecule has 0 radical (unpaired) electrons. The van der Waals surface area contributed by atoms with Gasteiger partial charge in [0, 0.05) is 16.9 Å². The van der Waals surface area contributed by atoms with Crippen molar-refractivity contribution in [2.24, 2.45) is 0 Å². The summed E-state index contributed by atoms with van der Waals surface area (Å²) in [6.07, 6.45) is -0.506. The summed E-state index contributed by atoms with van der Waals surface area (Å²) in [6.45, 7) is 1.84. The van der Waals surface area contributed by atoms with Crippen LogP contribution in [0.25, 0.3) is 16.9 Å². The van der Waals surface area contributed by atoms with Crippen molar-refractivity contribution in [3.8, 4) is 16.9 Å². The molecular weight excluding hydrogens is 302 g/mol. The summed E-state index contributed by atoms with van der Waals surface area (Å²) in [7, 11) is 0. The van der Waals surface area contributed by atoms with Gasteiger partial charge in [0.2, 0.25) is 0 Å². The van der Waals surface area contributed by atoms with Crippen LogP contribution in [-0.4, -0.2) is 21.4 Å². The second-order valence-corrected chi connectivity index (χ2v) is 5.56. The average Bonchev–Trinajstić information content (AvgIpc) is 2.93. The lowest BCUT2D eigenvalue weighted by Gasteiger charge is -2.12. The molecule has 0 bridgehead atoms. The maximum absolute atomic E-state index is 12.3. The first-order valence-electron chi connectivity index (χ1n) is 7.66. The molecule has 4 nitrogen and oxygen atoms in total. The largest absolute Gasteiger partial charge is 0.481 e. The highest BCUT2D eigenvalue weighted by atomic mass is 16.4. The average molecular weight is 319 g/mol. The Kier molecular flexibility index (Phi) is 4.29. The molecule has 1 aromatic heterocycles. The third-order valence-corrected chi connectivity index (χ3v) is 3.94. The molecule has 1 heterocycles. The molecular formula is C20H17NO3. The van der Waals surface area contributed by atoms with Gasteiger partial charge in [0.25, 0.3) is 0 Å². The molecule has 0 unspecified atom stereocenters. The number of nitrogens with zero attached hydrogens (tertiary/aromatic N) is 1. The standard InChI is InChI=1S/C20H17NO3/c1-14-17(19(22)13-20(23)24)12-18(15-8-4-2-5-9-15)21(14)16-10-6-3-7-11-16/h2-12H,13H2,1H3,(H,23,24). The number of rotatable bonds is 5. The Morgan fingerprint density at radius 3 is 2.12 bits per heavy atom. The first-order valence-corrected chi connectivity index (χ1v) is 7.66. The van der Waals surface area contributed by atoms with Gasteiger partial charge < -0.3 is 9.67 Å². The van der Waals surface area contributed by atoms with Crippen LogP contribution in [0.2, 0.25) is 0 Å². The highest BCUT2D eigenvalue weighted by Gasteiger charge is 2.20. The lowest BCUT2D eigenvalue weighted by Crippen LogP contribution is -2.08. The van der Waals surface area contributed by atoms with Gasteiger partial charge in [-0.25, -0.2) is 0 Å². The second kappa shape index (κ2) is 6.54. The SMILES string of the molecule is Cc1c(C(=O)CC(=O)O)cc(-c2ccccc2)n1-c1ccccc1. The molecule has 24 heavy (non-hydrogen) atoms. The van der Waals surface area contributed by atoms with Crippen LogP contribution < -0.4 is 0 Å². The Balaban J connectivity index is 2.20. The maximum Gasteiger partial charge on any atom is 0.311 e. The molecule has 3 aromatic rings. The van der Waals surface area contributed by atoms with Crippen molar-refractivity contribution in [2.45, 2.75) is 13.3 Å². The first kappa shape index (κ1) is 15.7. The van der Waals surface area contributed by atoms with Crippen molar-refractivity contribution in [1.82, 2.24) is 4.57 Å². The molecule has 0 atom stereocenters. The Morgan fingerprint density at radius 1 is 0.958 bits per heavy atom. The maximum atomic E-state index is 12.3. The van der Waals surface area contributed by atoms with Crippen LogP contribution in [0.15, 0.2) is 66.7 Å². The topological polar surface area (TPSA) is 59.3 Å². The summed E-state index contributed by atoms with van der Waals surface area (Å²) in [5.41, 5.74) is 3.96. The molecule has 4 heteroatoms. The number of aromatic nitrogens is 1. The summed E-state index contributed by atoms with van der Waals surface area (Å²) < 4.78 is 1.99. The summed E-state index contributed by atoms with van der Waals surface area (Å²) in [4.78, 5) is 23.2. The molecule has 1 N–H and O–H groups in total. The minimum absolute atomic E-state index is 0.383. The van der Waals surface area contributed by atoms with Gasteiger partial charge in [0.05, 0.1) is 5.69 Å². The van der Waals surface area contributed by atoms with Crippen LogP contribution in [-0.2, 0) is 4.79 Å². The van der Waals surface area contributed by atoms with Gasteiger partial charge >= 0.3 is 5.97 Å². The Morgan fingerprint density at radius 2 is 1.54 bits per heavy atom. The number of aliphatic carboxylic acids is 1. The number of carbonyl (C=O) groups excluding carboxylic acids is 1. The van der Waals surface area contributed by atoms with Crippen molar-refractivity contribution in [3.63, 3.8) is 0 Å². The number of ketones is 1. The molecule has 0 aliphatic heterocycles. The predicted octanol–water partition coefficient (Wildman–Crippen LogP) is 4.11. The number of carboxylic acids is 1. The Hall–Kier alpha value is -3.14. The van der Waals surface area contributed by atoms with Crippen LogP contribution in [0.1, 0.15) is 22.5 Å². The van der Waals surface area contributed by atoms with Crippen LogP contribution >= 0.6 is 0 Å². The Labute approximate surface area is 140 Å². The van der Waals surface area contributed by atoms with E-state index in [1.165, 1.54) is 0 Å². The van der Waals surface area contributed by atoms with Crippen molar-refractivity contribution < 1.29 is 14.7 Å². The normalized spacial score (nSPS) is 10.5. The van der Waals surface area contributed by atoms with E-state index in [9.17, 15) is 9.59 Å². The predicted molar refractivity (Wildman–Crippen MR) is 92.5 cm³/mol. The summed E-state index contributed by atoms with van der Waals surface area (Å²) in [6, 6.07) is 21.3. The monoisotopic (exact) mass is 319 g/mol. The number of para-hydroxylation sites is 1. The fourth-order valence-electron chi connectivity index (χ4n) is 2.85. The van der Waals surface area contributed by atoms with E-state index in [4.69, 9.17) is 5.11 Å². The van der Waals surface area contributed by atoms with Gasteiger partial charge in [-0.15, -0.1) is 0 Å². The minimum Gasteiger partial charge on any atom is -0.481 e. The van der Waals surface area contributed by atoms with Crippen LogP contribution in [0.5, 0.6) is 0 Å². The number of carbonyl (C=O) groups is 2. The number of benzene rings is 2. The quantitative estimate of drug-likeness (QED) is 0.569. The molecule has 0 amide bonds. The molecule has 3 rings (SSSR count). The molecule has 0 aliphatic rings. The number of Topliss-reactive ketones (excluding diaryl/α,β-unsaturated/α-hetero) is 1. The van der Waals surface area contributed by atoms with Crippen LogP contribution in [0, 0.1) is 6.92 Å². The molecule has 0 spiro atoms. The van der Waals surface area contributed by atoms with E-state index in [2.05, 4.69) is 0 Å². The van der Waals surface area contributed by atoms with Gasteiger partial charge in [-0.2, -0.15) is 0 Å². The van der Waals surface area contributed by atoms with Crippen LogP contribution in [0.4, 0.5) is 0 Å². The van der Waals surface area contributed by atoms with Gasteiger partial charge in [-0.3, -0.25) is 9.59 Å². The van der Waals surface area contributed by atoms with Crippen LogP contribution in [0.3, 0.4) is 0 Å².